The normalized spacial score (nSPS) is 20.9. The van der Waals surface area contributed by atoms with Gasteiger partial charge in [0.25, 0.3) is 0 Å². The van der Waals surface area contributed by atoms with Crippen molar-refractivity contribution < 1.29 is 19.4 Å². The van der Waals surface area contributed by atoms with Gasteiger partial charge in [-0.2, -0.15) is 0 Å². The fourth-order valence-corrected chi connectivity index (χ4v) is 2.80. The van der Waals surface area contributed by atoms with Crippen LogP contribution in [0, 0.1) is 5.92 Å². The van der Waals surface area contributed by atoms with Crippen LogP contribution < -0.4 is 0 Å². The Morgan fingerprint density at radius 1 is 1.40 bits per heavy atom. The molecule has 0 unspecified atom stereocenters. The topological polar surface area (TPSA) is 116 Å². The number of hydrogen-bond donors (Lipinski definition) is 1. The Hall–Kier alpha value is -2.57. The summed E-state index contributed by atoms with van der Waals surface area (Å²) < 4.78 is 5.29. The Kier molecular flexibility index (Phi) is 6.38. The van der Waals surface area contributed by atoms with Gasteiger partial charge in [-0.25, -0.2) is 4.79 Å². The standard InChI is InChI=1S/C17H22N4O4/c1-11(2)15(19-20-18)16(23)21-9-13(22)8-14(21)17(24)25-10-12-6-4-3-5-7-12/h3-7,11,13-15,22H,8-10H2,1-2H3/t13-,14+,15+/m1/s1. The molecule has 0 bridgehead atoms. The molecule has 0 radical (unpaired) electrons. The van der Waals surface area contributed by atoms with Crippen molar-refractivity contribution in [3.63, 3.8) is 0 Å². The maximum absolute atomic E-state index is 12.7. The molecule has 1 N–H and O–H groups in total. The van der Waals surface area contributed by atoms with Crippen molar-refractivity contribution in [2.45, 2.75) is 45.1 Å². The molecule has 8 nitrogen and oxygen atoms in total. The van der Waals surface area contributed by atoms with E-state index in [1.54, 1.807) is 13.8 Å². The van der Waals surface area contributed by atoms with E-state index in [1.807, 2.05) is 30.3 Å². The maximum Gasteiger partial charge on any atom is 0.329 e. The monoisotopic (exact) mass is 346 g/mol. The van der Waals surface area contributed by atoms with Crippen molar-refractivity contribution in [3.05, 3.63) is 46.3 Å². The Balaban J connectivity index is 2.08. The number of amides is 1. The molecular weight excluding hydrogens is 324 g/mol. The van der Waals surface area contributed by atoms with E-state index in [-0.39, 0.29) is 25.5 Å². The first-order valence-corrected chi connectivity index (χ1v) is 8.17. The third kappa shape index (κ3) is 4.71. The molecule has 2 rings (SSSR count). The first kappa shape index (κ1) is 18.8. The van der Waals surface area contributed by atoms with E-state index < -0.39 is 30.1 Å². The van der Waals surface area contributed by atoms with Gasteiger partial charge in [-0.15, -0.1) is 0 Å². The van der Waals surface area contributed by atoms with Crippen molar-refractivity contribution >= 4 is 11.9 Å². The Morgan fingerprint density at radius 2 is 2.08 bits per heavy atom. The molecule has 1 amide bonds. The summed E-state index contributed by atoms with van der Waals surface area (Å²) in [6.07, 6.45) is -0.697. The Morgan fingerprint density at radius 3 is 2.68 bits per heavy atom. The zero-order valence-corrected chi connectivity index (χ0v) is 14.3. The second kappa shape index (κ2) is 8.50. The molecule has 1 fully saturated rings. The lowest BCUT2D eigenvalue weighted by atomic mass is 10.0. The smallest absolute Gasteiger partial charge is 0.329 e. The largest absolute Gasteiger partial charge is 0.459 e. The highest BCUT2D eigenvalue weighted by atomic mass is 16.5. The number of hydrogen-bond acceptors (Lipinski definition) is 5. The second-order valence-electron chi connectivity index (χ2n) is 6.38. The summed E-state index contributed by atoms with van der Waals surface area (Å²) in [7, 11) is 0. The van der Waals surface area contributed by atoms with Gasteiger partial charge >= 0.3 is 5.97 Å². The van der Waals surface area contributed by atoms with Crippen molar-refractivity contribution in [2.75, 3.05) is 6.54 Å². The molecule has 1 aromatic rings. The molecule has 1 aromatic carbocycles. The first-order chi connectivity index (χ1) is 11.9. The van der Waals surface area contributed by atoms with Crippen LogP contribution in [0.15, 0.2) is 35.4 Å². The summed E-state index contributed by atoms with van der Waals surface area (Å²) in [5.41, 5.74) is 9.50. The SMILES string of the molecule is CC(C)[C@H](N=[N+]=[N-])C(=O)N1C[C@H](O)C[C@H]1C(=O)OCc1ccccc1. The van der Waals surface area contributed by atoms with Gasteiger partial charge in [0, 0.05) is 17.9 Å². The first-order valence-electron chi connectivity index (χ1n) is 8.17. The molecule has 8 heteroatoms. The Labute approximate surface area is 146 Å². The van der Waals surface area contributed by atoms with Gasteiger partial charge in [0.1, 0.15) is 18.7 Å². The number of ether oxygens (including phenoxy) is 1. The van der Waals surface area contributed by atoms with E-state index in [4.69, 9.17) is 10.3 Å². The molecule has 1 heterocycles. The number of azide groups is 1. The lowest BCUT2D eigenvalue weighted by Crippen LogP contribution is -2.47. The summed E-state index contributed by atoms with van der Waals surface area (Å²) in [5.74, 6) is -1.26. The quantitative estimate of drug-likeness (QED) is 0.367. The van der Waals surface area contributed by atoms with Gasteiger partial charge in [-0.05, 0) is 17.0 Å². The highest BCUT2D eigenvalue weighted by Crippen LogP contribution is 2.23. The second-order valence-corrected chi connectivity index (χ2v) is 6.38. The zero-order valence-electron chi connectivity index (χ0n) is 14.3. The van der Waals surface area contributed by atoms with Gasteiger partial charge in [0.15, 0.2) is 0 Å². The van der Waals surface area contributed by atoms with E-state index in [0.717, 1.165) is 5.56 Å². The number of aliphatic hydroxyl groups is 1. The minimum atomic E-state index is -0.917. The van der Waals surface area contributed by atoms with Gasteiger partial charge in [0.2, 0.25) is 5.91 Å². The van der Waals surface area contributed by atoms with Crippen molar-refractivity contribution in [2.24, 2.45) is 11.0 Å². The average molecular weight is 346 g/mol. The van der Waals surface area contributed by atoms with E-state index in [1.165, 1.54) is 4.90 Å². The van der Waals surface area contributed by atoms with E-state index in [2.05, 4.69) is 10.0 Å². The van der Waals surface area contributed by atoms with Crippen LogP contribution in [0.3, 0.4) is 0 Å². The molecule has 1 saturated heterocycles. The molecule has 0 aliphatic carbocycles. The number of rotatable bonds is 6. The third-order valence-electron chi connectivity index (χ3n) is 4.12. The fourth-order valence-electron chi connectivity index (χ4n) is 2.80. The number of carbonyl (C=O) groups is 2. The number of likely N-dealkylation sites (tertiary alicyclic amines) is 1. The molecule has 0 aromatic heterocycles. The summed E-state index contributed by atoms with van der Waals surface area (Å²) in [5, 5.41) is 13.4. The minimum absolute atomic E-state index is 0.0219. The Bertz CT molecular complexity index is 658. The summed E-state index contributed by atoms with van der Waals surface area (Å²) >= 11 is 0. The highest BCUT2D eigenvalue weighted by Gasteiger charge is 2.42. The van der Waals surface area contributed by atoms with Gasteiger partial charge < -0.3 is 14.7 Å². The number of aliphatic hydroxyl groups excluding tert-OH is 1. The van der Waals surface area contributed by atoms with E-state index in [9.17, 15) is 14.7 Å². The molecule has 1 aliphatic rings. The molecular formula is C17H22N4O4. The van der Waals surface area contributed by atoms with Crippen LogP contribution in [0.1, 0.15) is 25.8 Å². The van der Waals surface area contributed by atoms with Crippen molar-refractivity contribution in [1.29, 1.82) is 0 Å². The number of carbonyl (C=O) groups excluding carboxylic acids is 2. The third-order valence-corrected chi connectivity index (χ3v) is 4.12. The minimum Gasteiger partial charge on any atom is -0.459 e. The van der Waals surface area contributed by atoms with Crippen LogP contribution in [0.4, 0.5) is 0 Å². The molecule has 25 heavy (non-hydrogen) atoms. The molecule has 1 aliphatic heterocycles. The summed E-state index contributed by atoms with van der Waals surface area (Å²) in [6, 6.07) is 7.41. The number of β-amino-alcohol motifs (C(OH)–C–C–N with tert-alkyl or cyclic N) is 1. The average Bonchev–Trinajstić information content (AvgIpc) is 2.99. The zero-order chi connectivity index (χ0) is 18.4. The van der Waals surface area contributed by atoms with Crippen LogP contribution in [0.2, 0.25) is 0 Å². The lowest BCUT2D eigenvalue weighted by Gasteiger charge is -2.27. The van der Waals surface area contributed by atoms with E-state index >= 15 is 0 Å². The van der Waals surface area contributed by atoms with Crippen LogP contribution in [0.5, 0.6) is 0 Å². The van der Waals surface area contributed by atoms with Gasteiger partial charge in [-0.1, -0.05) is 49.3 Å². The highest BCUT2D eigenvalue weighted by molar-refractivity contribution is 5.88. The van der Waals surface area contributed by atoms with Crippen LogP contribution in [-0.2, 0) is 20.9 Å². The molecule has 0 spiro atoms. The maximum atomic E-state index is 12.7. The van der Waals surface area contributed by atoms with Crippen LogP contribution in [0.25, 0.3) is 10.4 Å². The van der Waals surface area contributed by atoms with Crippen molar-refractivity contribution in [3.8, 4) is 0 Å². The predicted molar refractivity (Wildman–Crippen MR) is 90.1 cm³/mol. The van der Waals surface area contributed by atoms with Gasteiger partial charge in [0.05, 0.1) is 6.10 Å². The number of nitrogens with zero attached hydrogens (tertiary/aromatic N) is 4. The summed E-state index contributed by atoms with van der Waals surface area (Å²) in [6.45, 7) is 3.63. The number of esters is 1. The molecule has 134 valence electrons. The molecule has 3 atom stereocenters. The van der Waals surface area contributed by atoms with Gasteiger partial charge in [-0.3, -0.25) is 4.79 Å². The lowest BCUT2D eigenvalue weighted by molar-refractivity contribution is -0.155. The number of benzene rings is 1. The fraction of sp³-hybridized carbons (Fsp3) is 0.529. The predicted octanol–water partition coefficient (Wildman–Crippen LogP) is 2.03. The molecule has 0 saturated carbocycles. The van der Waals surface area contributed by atoms with Crippen LogP contribution >= 0.6 is 0 Å². The van der Waals surface area contributed by atoms with Crippen molar-refractivity contribution in [1.82, 2.24) is 4.90 Å². The van der Waals surface area contributed by atoms with E-state index in [0.29, 0.717) is 0 Å². The van der Waals surface area contributed by atoms with Crippen LogP contribution in [-0.4, -0.2) is 46.6 Å². The summed E-state index contributed by atoms with van der Waals surface area (Å²) in [4.78, 5) is 29.0.